The second-order valence-corrected chi connectivity index (χ2v) is 9.99. The third-order valence-electron chi connectivity index (χ3n) is 6.07. The van der Waals surface area contributed by atoms with Gasteiger partial charge in [-0.1, -0.05) is 25.7 Å². The molecule has 4 rings (SSSR count). The molecule has 2 heterocycles. The number of nitrogens with one attached hydrogen (secondary N) is 1. The molecule has 10 nitrogen and oxygen atoms in total. The number of aromatic nitrogens is 2. The zero-order chi connectivity index (χ0) is 23.8. The molecule has 1 aliphatic heterocycles. The molecule has 33 heavy (non-hydrogen) atoms. The summed E-state index contributed by atoms with van der Waals surface area (Å²) in [4.78, 5) is 25.8. The summed E-state index contributed by atoms with van der Waals surface area (Å²) in [5.74, 6) is 0. The molecule has 186 valence electrons. The number of H-pyrrole nitrogens is 1. The van der Waals surface area contributed by atoms with Gasteiger partial charge < -0.3 is 14.2 Å². The molecule has 0 spiro atoms. The number of alkyl halides is 3. The number of halogens is 3. The van der Waals surface area contributed by atoms with Crippen molar-refractivity contribution in [2.45, 2.75) is 93.8 Å². The second-order valence-electron chi connectivity index (χ2n) is 8.42. The molecule has 2 saturated carbocycles. The molecule has 2 aliphatic carbocycles. The van der Waals surface area contributed by atoms with Crippen LogP contribution in [0.15, 0.2) is 21.9 Å². The minimum atomic E-state index is -6.06. The van der Waals surface area contributed by atoms with E-state index in [0.29, 0.717) is 25.7 Å². The van der Waals surface area contributed by atoms with Crippen LogP contribution in [0.25, 0.3) is 0 Å². The number of hydrogen-bond donors (Lipinski definition) is 1. The molecule has 3 fully saturated rings. The Morgan fingerprint density at radius 3 is 2.09 bits per heavy atom. The van der Waals surface area contributed by atoms with E-state index >= 15 is 0 Å². The quantitative estimate of drug-likeness (QED) is 0.446. The Balaban J connectivity index is 1.71. The molecule has 1 aromatic rings. The zero-order valence-corrected chi connectivity index (χ0v) is 18.3. The fourth-order valence-electron chi connectivity index (χ4n) is 4.48. The van der Waals surface area contributed by atoms with Crippen LogP contribution in [0.1, 0.15) is 57.6 Å². The van der Waals surface area contributed by atoms with Gasteiger partial charge in [0.1, 0.15) is 6.10 Å². The lowest BCUT2D eigenvalue weighted by Gasteiger charge is -2.28. The van der Waals surface area contributed by atoms with E-state index in [4.69, 9.17) is 14.2 Å². The van der Waals surface area contributed by atoms with Crippen molar-refractivity contribution < 1.29 is 40.0 Å². The summed E-state index contributed by atoms with van der Waals surface area (Å²) < 4.78 is 86.4. The van der Waals surface area contributed by atoms with Gasteiger partial charge in [0.15, 0.2) is 18.6 Å². The Morgan fingerprint density at radius 2 is 1.55 bits per heavy atom. The fraction of sp³-hybridized carbons (Fsp3) is 0.789. The van der Waals surface area contributed by atoms with Gasteiger partial charge in [0.25, 0.3) is 5.56 Å². The predicted octanol–water partition coefficient (Wildman–Crippen LogP) is 1.91. The summed E-state index contributed by atoms with van der Waals surface area (Å²) in [6.07, 6.45) is 0.399. The van der Waals surface area contributed by atoms with Crippen LogP contribution in [0.3, 0.4) is 0 Å². The van der Waals surface area contributed by atoms with Crippen LogP contribution in [0.2, 0.25) is 0 Å². The first kappa shape index (κ1) is 24.4. The smallest absolute Gasteiger partial charge is 0.367 e. The van der Waals surface area contributed by atoms with Crippen LogP contribution in [-0.4, -0.2) is 54.2 Å². The molecule has 1 N–H and O–H groups in total. The van der Waals surface area contributed by atoms with Gasteiger partial charge >= 0.3 is 21.3 Å². The molecule has 0 radical (unpaired) electrons. The van der Waals surface area contributed by atoms with Gasteiger partial charge in [-0.15, -0.1) is 0 Å². The number of nitrogens with zero attached hydrogens (tertiary/aromatic N) is 1. The van der Waals surface area contributed by atoms with E-state index in [1.165, 1.54) is 0 Å². The molecule has 0 bridgehead atoms. The number of rotatable bonds is 7. The molecule has 1 saturated heterocycles. The Kier molecular flexibility index (Phi) is 7.01. The lowest BCUT2D eigenvalue weighted by atomic mass is 10.2. The first-order chi connectivity index (χ1) is 15.5. The summed E-state index contributed by atoms with van der Waals surface area (Å²) in [6, 6.07) is 0.956. The van der Waals surface area contributed by atoms with Crippen molar-refractivity contribution >= 4 is 10.1 Å². The maximum absolute atomic E-state index is 13.2. The van der Waals surface area contributed by atoms with Crippen LogP contribution < -0.4 is 11.2 Å². The Labute approximate surface area is 187 Å². The number of ether oxygens (including phenoxy) is 3. The highest BCUT2D eigenvalue weighted by Crippen LogP contribution is 2.40. The average molecular weight is 498 g/mol. The molecular weight excluding hydrogens is 473 g/mol. The Morgan fingerprint density at radius 1 is 0.970 bits per heavy atom. The van der Waals surface area contributed by atoms with Gasteiger partial charge in [-0.05, 0) is 25.7 Å². The summed E-state index contributed by atoms with van der Waals surface area (Å²) in [5, 5.41) is 0. The van der Waals surface area contributed by atoms with Crippen LogP contribution in [0.4, 0.5) is 13.2 Å². The minimum absolute atomic E-state index is 0.254. The van der Waals surface area contributed by atoms with Crippen molar-refractivity contribution in [2.24, 2.45) is 0 Å². The van der Waals surface area contributed by atoms with Crippen molar-refractivity contribution in [3.8, 4) is 0 Å². The molecule has 3 aliphatic rings. The maximum atomic E-state index is 13.2. The van der Waals surface area contributed by atoms with Crippen molar-refractivity contribution in [3.05, 3.63) is 33.1 Å². The van der Waals surface area contributed by atoms with Crippen molar-refractivity contribution in [1.82, 2.24) is 9.55 Å². The molecule has 0 amide bonds. The van der Waals surface area contributed by atoms with E-state index in [9.17, 15) is 31.2 Å². The van der Waals surface area contributed by atoms with Gasteiger partial charge in [0.05, 0.1) is 12.2 Å². The van der Waals surface area contributed by atoms with Gasteiger partial charge in [-0.2, -0.15) is 21.6 Å². The maximum Gasteiger partial charge on any atom is 0.523 e. The highest BCUT2D eigenvalue weighted by atomic mass is 32.2. The van der Waals surface area contributed by atoms with Gasteiger partial charge in [-0.3, -0.25) is 18.5 Å². The second kappa shape index (κ2) is 9.49. The van der Waals surface area contributed by atoms with Crippen molar-refractivity contribution in [2.75, 3.05) is 0 Å². The third-order valence-corrected chi connectivity index (χ3v) is 7.12. The fourth-order valence-corrected chi connectivity index (χ4v) is 5.08. The summed E-state index contributed by atoms with van der Waals surface area (Å²) in [6.45, 7) is 0. The summed E-state index contributed by atoms with van der Waals surface area (Å²) >= 11 is 0. The highest BCUT2D eigenvalue weighted by molar-refractivity contribution is 7.87. The molecular formula is C19H25F3N2O8S. The van der Waals surface area contributed by atoms with E-state index in [0.717, 1.165) is 42.5 Å². The van der Waals surface area contributed by atoms with Crippen LogP contribution in [-0.2, 0) is 28.5 Å². The Hall–Kier alpha value is -1.74. The largest absolute Gasteiger partial charge is 0.523 e. The lowest BCUT2D eigenvalue weighted by molar-refractivity contribution is -0.213. The normalized spacial score (nSPS) is 29.8. The molecule has 0 aromatic carbocycles. The number of hydrogen-bond acceptors (Lipinski definition) is 8. The molecule has 4 atom stereocenters. The van der Waals surface area contributed by atoms with Gasteiger partial charge in [0.2, 0.25) is 0 Å². The van der Waals surface area contributed by atoms with Gasteiger partial charge in [0, 0.05) is 12.3 Å². The molecule has 4 unspecified atom stereocenters. The zero-order valence-electron chi connectivity index (χ0n) is 17.5. The standard InChI is InChI=1S/C19H25F3N2O8S/c20-19(21,22)33(27,28)32-14-15(29-11-5-1-2-6-11)17(30-12-7-3-4-8-12)31-16(14)24-10-9-13(25)23-18(24)26/h9-12,14-17H,1-8H2,(H,23,25,26). The minimum Gasteiger partial charge on any atom is -0.367 e. The topological polar surface area (TPSA) is 126 Å². The third kappa shape index (κ3) is 5.34. The van der Waals surface area contributed by atoms with Gasteiger partial charge in [-0.25, -0.2) is 4.79 Å². The monoisotopic (exact) mass is 498 g/mol. The van der Waals surface area contributed by atoms with Crippen molar-refractivity contribution in [3.63, 3.8) is 0 Å². The SMILES string of the molecule is O=c1ccn(C2OC(OC3CCCC3)C(OC3CCCC3)C2OS(=O)(=O)C(F)(F)F)c(=O)[nH]1. The van der Waals surface area contributed by atoms with E-state index < -0.39 is 51.6 Å². The first-order valence-corrected chi connectivity index (χ1v) is 12.2. The lowest BCUT2D eigenvalue weighted by Crippen LogP contribution is -2.45. The van der Waals surface area contributed by atoms with Crippen LogP contribution >= 0.6 is 0 Å². The van der Waals surface area contributed by atoms with E-state index in [1.807, 2.05) is 4.98 Å². The predicted molar refractivity (Wildman–Crippen MR) is 106 cm³/mol. The van der Waals surface area contributed by atoms with Crippen molar-refractivity contribution in [1.29, 1.82) is 0 Å². The van der Waals surface area contributed by atoms with Crippen LogP contribution in [0.5, 0.6) is 0 Å². The number of aromatic amines is 1. The van der Waals surface area contributed by atoms with E-state index in [-0.39, 0.29) is 12.2 Å². The molecule has 14 heteroatoms. The summed E-state index contributed by atoms with van der Waals surface area (Å²) in [5.41, 5.74) is -7.45. The van der Waals surface area contributed by atoms with Crippen LogP contribution in [0, 0.1) is 0 Å². The van der Waals surface area contributed by atoms with E-state index in [1.54, 1.807) is 0 Å². The average Bonchev–Trinajstić information content (AvgIpc) is 3.46. The Bertz CT molecular complexity index is 1040. The summed E-state index contributed by atoms with van der Waals surface area (Å²) in [7, 11) is -6.06. The molecule has 1 aromatic heterocycles. The first-order valence-electron chi connectivity index (χ1n) is 10.8. The van der Waals surface area contributed by atoms with E-state index in [2.05, 4.69) is 4.18 Å². The highest BCUT2D eigenvalue weighted by Gasteiger charge is 2.57.